The van der Waals surface area contributed by atoms with Gasteiger partial charge in [0.1, 0.15) is 0 Å². The average molecular weight is 626 g/mol. The predicted molar refractivity (Wildman–Crippen MR) is 168 cm³/mol. The lowest BCUT2D eigenvalue weighted by atomic mass is 9.92. The second-order valence-electron chi connectivity index (χ2n) is 11.5. The van der Waals surface area contributed by atoms with Gasteiger partial charge < -0.3 is 20.9 Å². The van der Waals surface area contributed by atoms with Gasteiger partial charge in [-0.05, 0) is 56.9 Å². The van der Waals surface area contributed by atoms with Crippen molar-refractivity contribution in [3.05, 3.63) is 42.2 Å². The molecule has 2 aliphatic carbocycles. The number of nitrogens with two attached hydrogens (primary N) is 1. The summed E-state index contributed by atoms with van der Waals surface area (Å²) in [6.45, 7) is 0.982. The van der Waals surface area contributed by atoms with Gasteiger partial charge in [-0.15, -0.1) is 24.8 Å². The molecule has 2 aromatic heterocycles. The summed E-state index contributed by atoms with van der Waals surface area (Å²) in [6, 6.07) is 10.5. The number of imidazole rings is 1. The number of hydrogen-bond donors (Lipinski definition) is 3. The van der Waals surface area contributed by atoms with Crippen molar-refractivity contribution in [3.8, 4) is 0 Å². The normalized spacial score (nSPS) is 22.7. The Morgan fingerprint density at radius 3 is 2.20 bits per heavy atom. The van der Waals surface area contributed by atoms with Crippen LogP contribution < -0.4 is 16.4 Å². The lowest BCUT2D eigenvalue weighted by Gasteiger charge is -2.32. The summed E-state index contributed by atoms with van der Waals surface area (Å²) in [4.78, 5) is 14.6. The van der Waals surface area contributed by atoms with E-state index >= 15 is 0 Å². The zero-order valence-corrected chi connectivity index (χ0v) is 25.8. The van der Waals surface area contributed by atoms with Crippen molar-refractivity contribution in [1.29, 1.82) is 0 Å². The number of rotatable bonds is 8. The van der Waals surface area contributed by atoms with Gasteiger partial charge in [0.05, 0.1) is 12.1 Å². The van der Waals surface area contributed by atoms with E-state index in [2.05, 4.69) is 15.2 Å². The summed E-state index contributed by atoms with van der Waals surface area (Å²) in [5, 5.41) is 7.21. The van der Waals surface area contributed by atoms with E-state index in [-0.39, 0.29) is 42.7 Å². The highest BCUT2D eigenvalue weighted by Gasteiger charge is 2.30. The minimum absolute atomic E-state index is 0. The average Bonchev–Trinajstić information content (AvgIpc) is 3.61. The van der Waals surface area contributed by atoms with Crippen LogP contribution >= 0.6 is 24.8 Å². The molecule has 226 valence electrons. The molecule has 41 heavy (non-hydrogen) atoms. The van der Waals surface area contributed by atoms with E-state index in [1.807, 2.05) is 36.7 Å². The summed E-state index contributed by atoms with van der Waals surface area (Å²) < 4.78 is 29.9. The zero-order chi connectivity index (χ0) is 26.8. The highest BCUT2D eigenvalue weighted by molar-refractivity contribution is 7.88. The van der Waals surface area contributed by atoms with E-state index in [0.29, 0.717) is 44.0 Å². The van der Waals surface area contributed by atoms with Crippen molar-refractivity contribution in [2.24, 2.45) is 5.73 Å². The van der Waals surface area contributed by atoms with Gasteiger partial charge in [-0.25, -0.2) is 17.7 Å². The highest BCUT2D eigenvalue weighted by Crippen LogP contribution is 2.34. The first-order chi connectivity index (χ1) is 18.9. The number of halogens is 2. The molecule has 6 rings (SSSR count). The van der Waals surface area contributed by atoms with E-state index in [1.165, 1.54) is 12.8 Å². The molecule has 3 aliphatic rings. The summed E-state index contributed by atoms with van der Waals surface area (Å²) in [6.07, 6.45) is 12.2. The first kappa shape index (κ1) is 31.7. The van der Waals surface area contributed by atoms with Crippen LogP contribution in [0.5, 0.6) is 0 Å². The van der Waals surface area contributed by atoms with Crippen molar-refractivity contribution < 1.29 is 8.42 Å². The highest BCUT2D eigenvalue weighted by atomic mass is 35.5. The Bertz CT molecular complexity index is 1370. The molecule has 0 spiro atoms. The van der Waals surface area contributed by atoms with Gasteiger partial charge in [0.2, 0.25) is 16.0 Å². The molecule has 10 nitrogen and oxygen atoms in total. The minimum atomic E-state index is -3.36. The molecule has 2 saturated carbocycles. The fourth-order valence-electron chi connectivity index (χ4n) is 6.33. The molecule has 1 aliphatic heterocycles. The maximum atomic E-state index is 13.0. The number of aromatic nitrogens is 4. The van der Waals surface area contributed by atoms with Crippen molar-refractivity contribution in [2.45, 2.75) is 94.1 Å². The second kappa shape index (κ2) is 13.9. The minimum Gasteiger partial charge on any atom is -0.365 e. The molecule has 4 N–H and O–H groups in total. The Kier molecular flexibility index (Phi) is 10.7. The standard InChI is InChI=1S/C28H40N8O2S.2ClH/c29-21-10-12-22(13-11-21)32-28-33-26(25-27(34-28)36(19-30-25)24-8-4-5-9-24)31-23-14-16-35(17-15-23)39(37,38)18-20-6-2-1-3-7-20;;/h1-3,6-7,19,21-24H,4-5,8-18,29H2,(H2,31,32,33,34);2*1H/t21-,22-;;. The van der Waals surface area contributed by atoms with Crippen LogP contribution in [0, 0.1) is 0 Å². The summed E-state index contributed by atoms with van der Waals surface area (Å²) in [5.41, 5.74) is 8.60. The molecule has 0 amide bonds. The monoisotopic (exact) mass is 624 g/mol. The van der Waals surface area contributed by atoms with Gasteiger partial charge in [0, 0.05) is 37.3 Å². The molecule has 1 saturated heterocycles. The van der Waals surface area contributed by atoms with E-state index < -0.39 is 10.0 Å². The lowest BCUT2D eigenvalue weighted by molar-refractivity contribution is 0.329. The number of sulfonamides is 1. The van der Waals surface area contributed by atoms with Crippen LogP contribution in [-0.2, 0) is 15.8 Å². The van der Waals surface area contributed by atoms with Crippen molar-refractivity contribution >= 4 is 57.8 Å². The molecular weight excluding hydrogens is 583 g/mol. The quantitative estimate of drug-likeness (QED) is 0.323. The van der Waals surface area contributed by atoms with Crippen LogP contribution in [0.3, 0.4) is 0 Å². The second-order valence-corrected chi connectivity index (χ2v) is 13.4. The molecule has 3 fully saturated rings. The van der Waals surface area contributed by atoms with E-state index in [9.17, 15) is 8.42 Å². The Hall–Kier alpha value is -2.18. The van der Waals surface area contributed by atoms with Crippen LogP contribution in [0.2, 0.25) is 0 Å². The Labute approximate surface area is 255 Å². The lowest BCUT2D eigenvalue weighted by Crippen LogP contribution is -2.43. The third kappa shape index (κ3) is 7.43. The molecule has 0 atom stereocenters. The van der Waals surface area contributed by atoms with Crippen molar-refractivity contribution in [3.63, 3.8) is 0 Å². The number of benzene rings is 1. The number of nitrogens with one attached hydrogen (secondary N) is 2. The molecule has 3 heterocycles. The first-order valence-corrected chi connectivity index (χ1v) is 16.1. The van der Waals surface area contributed by atoms with Gasteiger partial charge >= 0.3 is 0 Å². The zero-order valence-electron chi connectivity index (χ0n) is 23.3. The third-order valence-corrected chi connectivity index (χ3v) is 10.5. The number of piperidine rings is 1. The van der Waals surface area contributed by atoms with Crippen molar-refractivity contribution in [1.82, 2.24) is 23.8 Å². The molecule has 0 radical (unpaired) electrons. The fraction of sp³-hybridized carbons (Fsp3) is 0.607. The third-order valence-electron chi connectivity index (χ3n) is 8.62. The van der Waals surface area contributed by atoms with Crippen LogP contribution in [0.25, 0.3) is 11.2 Å². The first-order valence-electron chi connectivity index (χ1n) is 14.5. The number of nitrogens with zero attached hydrogens (tertiary/aromatic N) is 5. The van der Waals surface area contributed by atoms with Crippen LogP contribution in [0.15, 0.2) is 36.7 Å². The molecule has 0 bridgehead atoms. The summed E-state index contributed by atoms with van der Waals surface area (Å²) in [5.74, 6) is 1.41. The van der Waals surface area contributed by atoms with Gasteiger partial charge in [-0.1, -0.05) is 43.2 Å². The smallest absolute Gasteiger partial charge is 0.227 e. The van der Waals surface area contributed by atoms with Crippen molar-refractivity contribution in [2.75, 3.05) is 23.7 Å². The molecule has 13 heteroatoms. The van der Waals surface area contributed by atoms with E-state index in [0.717, 1.165) is 61.1 Å². The van der Waals surface area contributed by atoms with Crippen LogP contribution in [0.1, 0.15) is 75.8 Å². The summed E-state index contributed by atoms with van der Waals surface area (Å²) in [7, 11) is -3.36. The van der Waals surface area contributed by atoms with Gasteiger partial charge in [-0.2, -0.15) is 9.97 Å². The molecule has 1 aromatic carbocycles. The maximum absolute atomic E-state index is 13.0. The molecule has 3 aromatic rings. The van der Waals surface area contributed by atoms with E-state index in [4.69, 9.17) is 20.7 Å². The van der Waals surface area contributed by atoms with Gasteiger partial charge in [0.15, 0.2) is 17.0 Å². The Balaban J connectivity index is 0.00000194. The number of anilines is 2. The Morgan fingerprint density at radius 2 is 1.51 bits per heavy atom. The molecule has 0 unspecified atom stereocenters. The number of hydrogen-bond acceptors (Lipinski definition) is 8. The number of fused-ring (bicyclic) bond motifs is 1. The maximum Gasteiger partial charge on any atom is 0.227 e. The summed E-state index contributed by atoms with van der Waals surface area (Å²) >= 11 is 0. The van der Waals surface area contributed by atoms with Gasteiger partial charge in [0.25, 0.3) is 0 Å². The Morgan fingerprint density at radius 1 is 0.854 bits per heavy atom. The van der Waals surface area contributed by atoms with Crippen LogP contribution in [0.4, 0.5) is 11.8 Å². The van der Waals surface area contributed by atoms with E-state index in [1.54, 1.807) is 4.31 Å². The predicted octanol–water partition coefficient (Wildman–Crippen LogP) is 4.87. The SMILES string of the molecule is Cl.Cl.N[C@H]1CC[C@H](Nc2nc(NC3CCN(S(=O)(=O)Cc4ccccc4)CC3)c3ncn(C4CCCC4)c3n2)CC1. The topological polar surface area (TPSA) is 131 Å². The largest absolute Gasteiger partial charge is 0.365 e. The van der Waals surface area contributed by atoms with Crippen LogP contribution in [-0.4, -0.2) is 63.5 Å². The van der Waals surface area contributed by atoms with Gasteiger partial charge in [-0.3, -0.25) is 0 Å². The fourth-order valence-corrected chi connectivity index (χ4v) is 7.89. The molecular formula is C28H42Cl2N8O2S.